The van der Waals surface area contributed by atoms with E-state index in [0.29, 0.717) is 22.0 Å². The van der Waals surface area contributed by atoms with Crippen molar-refractivity contribution in [3.8, 4) is 0 Å². The van der Waals surface area contributed by atoms with Crippen LogP contribution in [0.1, 0.15) is 52.7 Å². The number of carbonyl (C=O) groups is 4. The van der Waals surface area contributed by atoms with Gasteiger partial charge in [0.15, 0.2) is 0 Å². The SMILES string of the molecule is CCOC(=O)c1c(NC(=O)CN2C(=O)NC(c3ccccc3)C2=O)sc2c1CCC(C)C2. The molecule has 0 spiro atoms. The lowest BCUT2D eigenvalue weighted by Gasteiger charge is -2.18. The van der Waals surface area contributed by atoms with Gasteiger partial charge in [0.05, 0.1) is 12.2 Å². The summed E-state index contributed by atoms with van der Waals surface area (Å²) in [7, 11) is 0. The first kappa shape index (κ1) is 22.0. The topological polar surface area (TPSA) is 105 Å². The molecule has 2 aromatic rings. The predicted octanol–water partition coefficient (Wildman–Crippen LogP) is 3.28. The average Bonchev–Trinajstić information content (AvgIpc) is 3.25. The number of anilines is 1. The quantitative estimate of drug-likeness (QED) is 0.514. The average molecular weight is 456 g/mol. The minimum atomic E-state index is -0.817. The summed E-state index contributed by atoms with van der Waals surface area (Å²) < 4.78 is 5.22. The van der Waals surface area contributed by atoms with Crippen LogP contribution in [0.4, 0.5) is 9.80 Å². The van der Waals surface area contributed by atoms with Gasteiger partial charge in [0.1, 0.15) is 17.6 Å². The zero-order valence-corrected chi connectivity index (χ0v) is 18.8. The molecule has 1 saturated heterocycles. The van der Waals surface area contributed by atoms with Crippen LogP contribution >= 0.6 is 11.3 Å². The summed E-state index contributed by atoms with van der Waals surface area (Å²) >= 11 is 1.37. The van der Waals surface area contributed by atoms with E-state index in [4.69, 9.17) is 4.74 Å². The molecule has 8 nitrogen and oxygen atoms in total. The fraction of sp³-hybridized carbons (Fsp3) is 0.391. The molecule has 168 valence electrons. The highest BCUT2D eigenvalue weighted by Crippen LogP contribution is 2.40. The second kappa shape index (κ2) is 9.12. The van der Waals surface area contributed by atoms with Crippen LogP contribution in [0.15, 0.2) is 30.3 Å². The van der Waals surface area contributed by atoms with E-state index in [9.17, 15) is 19.2 Å². The van der Waals surface area contributed by atoms with Gasteiger partial charge >= 0.3 is 12.0 Å². The van der Waals surface area contributed by atoms with Gasteiger partial charge in [-0.05, 0) is 43.2 Å². The Morgan fingerprint density at radius 3 is 2.72 bits per heavy atom. The third-order valence-electron chi connectivity index (χ3n) is 5.70. The molecular weight excluding hydrogens is 430 g/mol. The van der Waals surface area contributed by atoms with Gasteiger partial charge < -0.3 is 15.4 Å². The maximum Gasteiger partial charge on any atom is 0.341 e. The van der Waals surface area contributed by atoms with E-state index in [-0.39, 0.29) is 6.61 Å². The first-order valence-corrected chi connectivity index (χ1v) is 11.5. The standard InChI is InChI=1S/C23H25N3O5S/c1-3-31-22(29)18-15-10-9-13(2)11-16(15)32-20(18)24-17(27)12-26-21(28)19(25-23(26)30)14-7-5-4-6-8-14/h4-8,13,19H,3,9-12H2,1-2H3,(H,24,27)(H,25,30). The van der Waals surface area contributed by atoms with Crippen molar-refractivity contribution in [1.29, 1.82) is 0 Å². The Balaban J connectivity index is 1.51. The van der Waals surface area contributed by atoms with Crippen molar-refractivity contribution in [1.82, 2.24) is 10.2 Å². The van der Waals surface area contributed by atoms with Crippen molar-refractivity contribution in [2.75, 3.05) is 18.5 Å². The van der Waals surface area contributed by atoms with Crippen LogP contribution in [-0.2, 0) is 27.2 Å². The number of rotatable bonds is 6. The number of urea groups is 1. The highest BCUT2D eigenvalue weighted by Gasteiger charge is 2.40. The zero-order valence-electron chi connectivity index (χ0n) is 18.0. The van der Waals surface area contributed by atoms with Gasteiger partial charge in [0.2, 0.25) is 5.91 Å². The van der Waals surface area contributed by atoms with Crippen molar-refractivity contribution in [2.45, 2.75) is 39.2 Å². The van der Waals surface area contributed by atoms with Crippen molar-refractivity contribution in [3.05, 3.63) is 51.9 Å². The number of hydrogen-bond donors (Lipinski definition) is 2. The molecule has 0 bridgehead atoms. The molecule has 2 heterocycles. The van der Waals surface area contributed by atoms with Crippen LogP contribution < -0.4 is 10.6 Å². The van der Waals surface area contributed by atoms with E-state index in [1.165, 1.54) is 11.3 Å². The van der Waals surface area contributed by atoms with Gasteiger partial charge in [-0.3, -0.25) is 14.5 Å². The van der Waals surface area contributed by atoms with E-state index < -0.39 is 36.4 Å². The van der Waals surface area contributed by atoms with Crippen molar-refractivity contribution in [2.24, 2.45) is 5.92 Å². The van der Waals surface area contributed by atoms with Gasteiger partial charge in [-0.15, -0.1) is 11.3 Å². The summed E-state index contributed by atoms with van der Waals surface area (Å²) in [6.07, 6.45) is 2.56. The monoisotopic (exact) mass is 455 g/mol. The smallest absolute Gasteiger partial charge is 0.341 e. The highest BCUT2D eigenvalue weighted by atomic mass is 32.1. The number of benzene rings is 1. The summed E-state index contributed by atoms with van der Waals surface area (Å²) in [6, 6.07) is 7.43. The van der Waals surface area contributed by atoms with Crippen LogP contribution in [-0.4, -0.2) is 41.9 Å². The number of amides is 4. The number of hydrogen-bond acceptors (Lipinski definition) is 6. The van der Waals surface area contributed by atoms with Gasteiger partial charge in [-0.1, -0.05) is 37.3 Å². The summed E-state index contributed by atoms with van der Waals surface area (Å²) in [5, 5.41) is 5.78. The number of imide groups is 1. The van der Waals surface area contributed by atoms with Crippen molar-refractivity contribution in [3.63, 3.8) is 0 Å². The predicted molar refractivity (Wildman–Crippen MR) is 120 cm³/mol. The first-order valence-electron chi connectivity index (χ1n) is 10.7. The van der Waals surface area contributed by atoms with Gasteiger partial charge in [-0.2, -0.15) is 0 Å². The molecule has 0 radical (unpaired) electrons. The molecule has 4 amide bonds. The lowest BCUT2D eigenvalue weighted by Crippen LogP contribution is -2.38. The van der Waals surface area contributed by atoms with Crippen molar-refractivity contribution >= 4 is 40.2 Å². The molecule has 1 aromatic heterocycles. The Kier molecular flexibility index (Phi) is 6.27. The minimum absolute atomic E-state index is 0.233. The first-order chi connectivity index (χ1) is 15.4. The van der Waals surface area contributed by atoms with Crippen LogP contribution in [0, 0.1) is 5.92 Å². The molecule has 2 N–H and O–H groups in total. The number of ether oxygens (including phenoxy) is 1. The molecule has 0 saturated carbocycles. The Morgan fingerprint density at radius 2 is 2.00 bits per heavy atom. The molecule has 2 unspecified atom stereocenters. The van der Waals surface area contributed by atoms with Crippen LogP contribution in [0.5, 0.6) is 0 Å². The van der Waals surface area contributed by atoms with E-state index in [0.717, 1.165) is 34.6 Å². The minimum Gasteiger partial charge on any atom is -0.462 e. The molecule has 4 rings (SSSR count). The van der Waals surface area contributed by atoms with Gasteiger partial charge in [0, 0.05) is 4.88 Å². The third-order valence-corrected chi connectivity index (χ3v) is 6.87. The third kappa shape index (κ3) is 4.25. The number of nitrogens with one attached hydrogen (secondary N) is 2. The largest absolute Gasteiger partial charge is 0.462 e. The number of esters is 1. The molecule has 1 fully saturated rings. The molecule has 1 aromatic carbocycles. The van der Waals surface area contributed by atoms with Crippen molar-refractivity contribution < 1.29 is 23.9 Å². The Hall–Kier alpha value is -3.20. The number of fused-ring (bicyclic) bond motifs is 1. The fourth-order valence-electron chi connectivity index (χ4n) is 4.11. The molecule has 9 heteroatoms. The van der Waals surface area contributed by atoms with Crippen LogP contribution in [0.2, 0.25) is 0 Å². The second-order valence-corrected chi connectivity index (χ2v) is 9.15. The number of thiophene rings is 1. The molecule has 2 aliphatic rings. The Labute approximate surface area is 189 Å². The van der Waals surface area contributed by atoms with E-state index in [2.05, 4.69) is 17.6 Å². The van der Waals surface area contributed by atoms with Gasteiger partial charge in [-0.25, -0.2) is 9.59 Å². The summed E-state index contributed by atoms with van der Waals surface area (Å²) in [5.74, 6) is -0.991. The highest BCUT2D eigenvalue weighted by molar-refractivity contribution is 7.17. The fourth-order valence-corrected chi connectivity index (χ4v) is 5.52. The normalized spacial score (nSPS) is 20.0. The van der Waals surface area contributed by atoms with E-state index >= 15 is 0 Å². The molecule has 1 aliphatic heterocycles. The molecular formula is C23H25N3O5S. The van der Waals surface area contributed by atoms with E-state index in [1.54, 1.807) is 31.2 Å². The maximum absolute atomic E-state index is 12.8. The summed E-state index contributed by atoms with van der Waals surface area (Å²) in [6.45, 7) is 3.69. The second-order valence-electron chi connectivity index (χ2n) is 8.04. The number of carbonyl (C=O) groups excluding carboxylic acids is 4. The maximum atomic E-state index is 12.8. The number of nitrogens with zero attached hydrogens (tertiary/aromatic N) is 1. The van der Waals surface area contributed by atoms with Gasteiger partial charge in [0.25, 0.3) is 5.91 Å². The molecule has 32 heavy (non-hydrogen) atoms. The van der Waals surface area contributed by atoms with Crippen LogP contribution in [0.25, 0.3) is 0 Å². The lowest BCUT2D eigenvalue weighted by atomic mass is 9.88. The summed E-state index contributed by atoms with van der Waals surface area (Å²) in [5.41, 5.74) is 1.98. The molecule has 1 aliphatic carbocycles. The Bertz CT molecular complexity index is 1070. The summed E-state index contributed by atoms with van der Waals surface area (Å²) in [4.78, 5) is 52.5. The Morgan fingerprint density at radius 1 is 1.25 bits per heavy atom. The molecule has 2 atom stereocenters. The van der Waals surface area contributed by atoms with Crippen LogP contribution in [0.3, 0.4) is 0 Å². The zero-order chi connectivity index (χ0) is 22.8. The lowest BCUT2D eigenvalue weighted by molar-refractivity contribution is -0.130. The van der Waals surface area contributed by atoms with E-state index in [1.807, 2.05) is 6.07 Å².